The van der Waals surface area contributed by atoms with Gasteiger partial charge in [-0.05, 0) is 6.92 Å². The molecule has 1 atom stereocenters. The molecule has 94 valence electrons. The largest absolute Gasteiger partial charge is 0.328 e. The van der Waals surface area contributed by atoms with Crippen LogP contribution in [0.3, 0.4) is 0 Å². The Morgan fingerprint density at radius 2 is 2.22 bits per heavy atom. The van der Waals surface area contributed by atoms with Crippen LogP contribution in [0.1, 0.15) is 24.2 Å². The third-order valence-corrected chi connectivity index (χ3v) is 2.74. The lowest BCUT2D eigenvalue weighted by Crippen LogP contribution is -2.13. The minimum absolute atomic E-state index is 0.113. The van der Waals surface area contributed by atoms with E-state index in [1.54, 1.807) is 30.7 Å². The third-order valence-electron chi connectivity index (χ3n) is 2.74. The monoisotopic (exact) mass is 246 g/mol. The first-order valence-electron chi connectivity index (χ1n) is 5.57. The zero-order valence-electron chi connectivity index (χ0n) is 9.98. The SMILES string of the molecule is C[C@@H](N)c1cncn1Cc1ccccc1[N+](=O)[O-]. The molecule has 2 aromatic rings. The zero-order valence-corrected chi connectivity index (χ0v) is 9.98. The Morgan fingerprint density at radius 3 is 2.89 bits per heavy atom. The van der Waals surface area contributed by atoms with Gasteiger partial charge < -0.3 is 10.3 Å². The molecular formula is C12H14N4O2. The molecular weight excluding hydrogens is 232 g/mol. The summed E-state index contributed by atoms with van der Waals surface area (Å²) >= 11 is 0. The number of imidazole rings is 1. The van der Waals surface area contributed by atoms with E-state index in [2.05, 4.69) is 4.98 Å². The van der Waals surface area contributed by atoms with E-state index in [4.69, 9.17) is 5.73 Å². The predicted octanol–water partition coefficient (Wildman–Crippen LogP) is 1.86. The molecule has 0 aliphatic heterocycles. The van der Waals surface area contributed by atoms with Crippen molar-refractivity contribution in [1.82, 2.24) is 9.55 Å². The molecule has 6 heteroatoms. The third kappa shape index (κ3) is 2.38. The highest BCUT2D eigenvalue weighted by Gasteiger charge is 2.14. The van der Waals surface area contributed by atoms with Crippen molar-refractivity contribution in [3.63, 3.8) is 0 Å². The van der Waals surface area contributed by atoms with Crippen LogP contribution in [0.4, 0.5) is 5.69 Å². The highest BCUT2D eigenvalue weighted by molar-refractivity contribution is 5.40. The van der Waals surface area contributed by atoms with Gasteiger partial charge in [0.25, 0.3) is 5.69 Å². The van der Waals surface area contributed by atoms with E-state index in [1.807, 2.05) is 11.5 Å². The summed E-state index contributed by atoms with van der Waals surface area (Å²) in [5.41, 5.74) is 7.42. The van der Waals surface area contributed by atoms with Crippen LogP contribution in [-0.2, 0) is 6.54 Å². The van der Waals surface area contributed by atoms with Crippen LogP contribution in [0.25, 0.3) is 0 Å². The Balaban J connectivity index is 2.34. The molecule has 1 aromatic heterocycles. The summed E-state index contributed by atoms with van der Waals surface area (Å²) in [5, 5.41) is 10.9. The Morgan fingerprint density at radius 1 is 1.50 bits per heavy atom. The first kappa shape index (κ1) is 12.3. The summed E-state index contributed by atoms with van der Waals surface area (Å²) in [6, 6.07) is 6.52. The number of aromatic nitrogens is 2. The van der Waals surface area contributed by atoms with Crippen molar-refractivity contribution in [2.24, 2.45) is 5.73 Å². The summed E-state index contributed by atoms with van der Waals surface area (Å²) in [5.74, 6) is 0. The van der Waals surface area contributed by atoms with Crippen LogP contribution in [0.2, 0.25) is 0 Å². The number of nitrogens with two attached hydrogens (primary N) is 1. The second-order valence-corrected chi connectivity index (χ2v) is 4.12. The Kier molecular flexibility index (Phi) is 3.38. The van der Waals surface area contributed by atoms with E-state index in [-0.39, 0.29) is 16.7 Å². The Hall–Kier alpha value is -2.21. The Bertz CT molecular complexity index is 563. The van der Waals surface area contributed by atoms with Crippen molar-refractivity contribution >= 4 is 5.69 Å². The van der Waals surface area contributed by atoms with Crippen LogP contribution in [0, 0.1) is 10.1 Å². The summed E-state index contributed by atoms with van der Waals surface area (Å²) < 4.78 is 1.83. The van der Waals surface area contributed by atoms with Crippen LogP contribution in [0.5, 0.6) is 0 Å². The molecule has 18 heavy (non-hydrogen) atoms. The second kappa shape index (κ2) is 4.97. The molecule has 0 bridgehead atoms. The highest BCUT2D eigenvalue weighted by atomic mass is 16.6. The molecule has 1 aromatic carbocycles. The number of para-hydroxylation sites is 1. The molecule has 2 rings (SSSR count). The highest BCUT2D eigenvalue weighted by Crippen LogP contribution is 2.20. The summed E-state index contributed by atoms with van der Waals surface area (Å²) in [4.78, 5) is 14.6. The number of hydrogen-bond acceptors (Lipinski definition) is 4. The summed E-state index contributed by atoms with van der Waals surface area (Å²) in [6.45, 7) is 2.25. The normalized spacial score (nSPS) is 12.3. The topological polar surface area (TPSA) is 87.0 Å². The molecule has 1 heterocycles. The van der Waals surface area contributed by atoms with Gasteiger partial charge in [0.15, 0.2) is 0 Å². The number of rotatable bonds is 4. The maximum atomic E-state index is 10.9. The van der Waals surface area contributed by atoms with Crippen molar-refractivity contribution in [3.05, 3.63) is 58.2 Å². The number of nitro benzene ring substituents is 1. The fourth-order valence-corrected chi connectivity index (χ4v) is 1.85. The fourth-order valence-electron chi connectivity index (χ4n) is 1.85. The number of nitro groups is 1. The molecule has 0 saturated carbocycles. The summed E-state index contributed by atoms with van der Waals surface area (Å²) in [6.07, 6.45) is 3.31. The number of nitrogens with zero attached hydrogens (tertiary/aromatic N) is 3. The van der Waals surface area contributed by atoms with Crippen molar-refractivity contribution < 1.29 is 4.92 Å². The van der Waals surface area contributed by atoms with Crippen LogP contribution in [0.15, 0.2) is 36.8 Å². The number of hydrogen-bond donors (Lipinski definition) is 1. The van der Waals surface area contributed by atoms with Gasteiger partial charge in [-0.25, -0.2) is 4.98 Å². The lowest BCUT2D eigenvalue weighted by Gasteiger charge is -2.10. The molecule has 0 saturated heterocycles. The lowest BCUT2D eigenvalue weighted by molar-refractivity contribution is -0.385. The van der Waals surface area contributed by atoms with Gasteiger partial charge in [0.2, 0.25) is 0 Å². The zero-order chi connectivity index (χ0) is 13.1. The standard InChI is InChI=1S/C12H14N4O2/c1-9(13)12-6-14-8-15(12)7-10-4-2-3-5-11(10)16(17)18/h2-6,8-9H,7,13H2,1H3/t9-/m1/s1. The second-order valence-electron chi connectivity index (χ2n) is 4.12. The van der Waals surface area contributed by atoms with Crippen molar-refractivity contribution in [2.75, 3.05) is 0 Å². The van der Waals surface area contributed by atoms with Gasteiger partial charge in [-0.2, -0.15) is 0 Å². The van der Waals surface area contributed by atoms with Gasteiger partial charge >= 0.3 is 0 Å². The average Bonchev–Trinajstić information content (AvgIpc) is 2.77. The molecule has 2 N–H and O–H groups in total. The van der Waals surface area contributed by atoms with E-state index in [0.717, 1.165) is 5.69 Å². The molecule has 0 aliphatic carbocycles. The molecule has 0 fully saturated rings. The molecule has 0 aliphatic rings. The molecule has 0 spiro atoms. The lowest BCUT2D eigenvalue weighted by atomic mass is 10.1. The van der Waals surface area contributed by atoms with Crippen LogP contribution >= 0.6 is 0 Å². The van der Waals surface area contributed by atoms with Gasteiger partial charge in [-0.1, -0.05) is 18.2 Å². The molecule has 0 unspecified atom stereocenters. The van der Waals surface area contributed by atoms with E-state index < -0.39 is 0 Å². The van der Waals surface area contributed by atoms with E-state index in [9.17, 15) is 10.1 Å². The number of benzene rings is 1. The van der Waals surface area contributed by atoms with Crippen molar-refractivity contribution in [2.45, 2.75) is 19.5 Å². The smallest absolute Gasteiger partial charge is 0.274 e. The molecule has 0 amide bonds. The van der Waals surface area contributed by atoms with E-state index >= 15 is 0 Å². The first-order chi connectivity index (χ1) is 8.59. The van der Waals surface area contributed by atoms with E-state index in [0.29, 0.717) is 12.1 Å². The minimum Gasteiger partial charge on any atom is -0.328 e. The van der Waals surface area contributed by atoms with Gasteiger partial charge in [-0.15, -0.1) is 0 Å². The Labute approximate surface area is 104 Å². The van der Waals surface area contributed by atoms with Gasteiger partial charge in [0.1, 0.15) is 0 Å². The average molecular weight is 246 g/mol. The van der Waals surface area contributed by atoms with Gasteiger partial charge in [-0.3, -0.25) is 10.1 Å². The van der Waals surface area contributed by atoms with E-state index in [1.165, 1.54) is 6.07 Å². The fraction of sp³-hybridized carbons (Fsp3) is 0.250. The van der Waals surface area contributed by atoms with Crippen molar-refractivity contribution in [1.29, 1.82) is 0 Å². The first-order valence-corrected chi connectivity index (χ1v) is 5.57. The van der Waals surface area contributed by atoms with Crippen molar-refractivity contribution in [3.8, 4) is 0 Å². The van der Waals surface area contributed by atoms with Gasteiger partial charge in [0.05, 0.1) is 23.5 Å². The summed E-state index contributed by atoms with van der Waals surface area (Å²) in [7, 11) is 0. The quantitative estimate of drug-likeness (QED) is 0.658. The maximum Gasteiger partial charge on any atom is 0.274 e. The van der Waals surface area contributed by atoms with Crippen LogP contribution < -0.4 is 5.73 Å². The predicted molar refractivity (Wildman–Crippen MR) is 67.0 cm³/mol. The van der Waals surface area contributed by atoms with Crippen LogP contribution in [-0.4, -0.2) is 14.5 Å². The minimum atomic E-state index is -0.377. The maximum absolute atomic E-state index is 10.9. The molecule has 6 nitrogen and oxygen atoms in total. The molecule has 0 radical (unpaired) electrons. The van der Waals surface area contributed by atoms with Gasteiger partial charge in [0, 0.05) is 23.9 Å².